The molecule has 1 aliphatic rings. The molecule has 4 nitrogen and oxygen atoms in total. The van der Waals surface area contributed by atoms with Gasteiger partial charge in [0, 0.05) is 24.2 Å². The predicted octanol–water partition coefficient (Wildman–Crippen LogP) is 0.936. The first-order valence-electron chi connectivity index (χ1n) is 6.79. The largest absolute Gasteiger partial charge is 0.391 e. The number of rotatable bonds is 1. The van der Waals surface area contributed by atoms with Crippen LogP contribution in [0.25, 0.3) is 0 Å². The van der Waals surface area contributed by atoms with Crippen LogP contribution in [-0.2, 0) is 0 Å². The van der Waals surface area contributed by atoms with Crippen molar-refractivity contribution in [2.24, 2.45) is 0 Å². The second-order valence-electron chi connectivity index (χ2n) is 5.09. The summed E-state index contributed by atoms with van der Waals surface area (Å²) in [4.78, 5) is 14.1. The van der Waals surface area contributed by atoms with Crippen LogP contribution in [-0.4, -0.2) is 46.8 Å². The van der Waals surface area contributed by atoms with Crippen molar-refractivity contribution in [3.8, 4) is 11.8 Å². The average Bonchev–Trinajstić information content (AvgIpc) is 2.43. The fourth-order valence-corrected chi connectivity index (χ4v) is 2.44. The van der Waals surface area contributed by atoms with Crippen molar-refractivity contribution in [3.63, 3.8) is 0 Å². The number of β-amino-alcohol motifs (C(OH)–C–C–N with tert-alkyl or cyclic N) is 1. The predicted molar refractivity (Wildman–Crippen MR) is 76.3 cm³/mol. The van der Waals surface area contributed by atoms with Gasteiger partial charge < -0.3 is 15.1 Å². The Hall–Kier alpha value is -1.83. The Kier molecular flexibility index (Phi) is 4.78. The number of aliphatic hydroxyl groups excluding tert-OH is 2. The molecule has 106 valence electrons. The van der Waals surface area contributed by atoms with E-state index in [4.69, 9.17) is 5.11 Å². The lowest BCUT2D eigenvalue weighted by atomic mass is 10.0. The Morgan fingerprint density at radius 1 is 1.45 bits per heavy atom. The Bertz CT molecular complexity index is 557. The number of benzene rings is 1. The normalized spacial score (nSPS) is 18.4. The topological polar surface area (TPSA) is 60.8 Å². The van der Waals surface area contributed by atoms with E-state index in [1.54, 1.807) is 11.0 Å². The highest BCUT2D eigenvalue weighted by Gasteiger charge is 2.23. The summed E-state index contributed by atoms with van der Waals surface area (Å²) < 4.78 is 0. The fourth-order valence-electron chi connectivity index (χ4n) is 2.44. The molecule has 1 atom stereocenters. The van der Waals surface area contributed by atoms with Gasteiger partial charge in [-0.15, -0.1) is 0 Å². The summed E-state index contributed by atoms with van der Waals surface area (Å²) in [6.45, 7) is 2.79. The van der Waals surface area contributed by atoms with Crippen molar-refractivity contribution in [3.05, 3.63) is 34.9 Å². The third-order valence-corrected chi connectivity index (χ3v) is 3.32. The van der Waals surface area contributed by atoms with Crippen LogP contribution in [0, 0.1) is 18.8 Å². The van der Waals surface area contributed by atoms with Gasteiger partial charge in [-0.05, 0) is 43.5 Å². The second-order valence-corrected chi connectivity index (χ2v) is 5.09. The van der Waals surface area contributed by atoms with E-state index in [9.17, 15) is 9.90 Å². The van der Waals surface area contributed by atoms with Crippen molar-refractivity contribution >= 4 is 5.91 Å². The van der Waals surface area contributed by atoms with E-state index in [0.717, 1.165) is 24.0 Å². The minimum absolute atomic E-state index is 0.0699. The molecular weight excluding hydrogens is 254 g/mol. The Morgan fingerprint density at radius 3 is 2.95 bits per heavy atom. The van der Waals surface area contributed by atoms with E-state index < -0.39 is 6.10 Å². The molecule has 2 N–H and O–H groups in total. The Morgan fingerprint density at radius 2 is 2.25 bits per heavy atom. The van der Waals surface area contributed by atoms with E-state index in [1.165, 1.54) is 0 Å². The number of aliphatic hydroxyl groups is 2. The van der Waals surface area contributed by atoms with Gasteiger partial charge in [-0.25, -0.2) is 0 Å². The molecular formula is C16H19NO3. The molecule has 1 saturated heterocycles. The van der Waals surface area contributed by atoms with Gasteiger partial charge in [0.25, 0.3) is 5.91 Å². The summed E-state index contributed by atoms with van der Waals surface area (Å²) in [5.41, 5.74) is 2.26. The molecule has 2 rings (SSSR count). The van der Waals surface area contributed by atoms with Crippen LogP contribution in [0.2, 0.25) is 0 Å². The Balaban J connectivity index is 2.22. The Labute approximate surface area is 119 Å². The van der Waals surface area contributed by atoms with Crippen molar-refractivity contribution < 1.29 is 15.0 Å². The quantitative estimate of drug-likeness (QED) is 0.749. The molecule has 20 heavy (non-hydrogen) atoms. The first kappa shape index (κ1) is 14.6. The molecule has 0 saturated carbocycles. The number of hydrogen-bond acceptors (Lipinski definition) is 3. The van der Waals surface area contributed by atoms with E-state index in [2.05, 4.69) is 11.8 Å². The third kappa shape index (κ3) is 3.60. The summed E-state index contributed by atoms with van der Waals surface area (Å²) in [6.07, 6.45) is 1.16. The minimum atomic E-state index is -0.425. The first-order chi connectivity index (χ1) is 9.60. The maximum absolute atomic E-state index is 12.4. The van der Waals surface area contributed by atoms with Gasteiger partial charge >= 0.3 is 0 Å². The average molecular weight is 273 g/mol. The van der Waals surface area contributed by atoms with Crippen LogP contribution < -0.4 is 0 Å². The molecule has 1 amide bonds. The summed E-state index contributed by atoms with van der Waals surface area (Å²) in [5.74, 6) is 5.34. The lowest BCUT2D eigenvalue weighted by Crippen LogP contribution is -2.42. The molecule has 0 bridgehead atoms. The molecule has 0 aliphatic carbocycles. The highest BCUT2D eigenvalue weighted by molar-refractivity contribution is 5.95. The highest BCUT2D eigenvalue weighted by atomic mass is 16.3. The summed E-state index contributed by atoms with van der Waals surface area (Å²) >= 11 is 0. The molecule has 0 aromatic heterocycles. The molecule has 4 heteroatoms. The molecule has 0 radical (unpaired) electrons. The van der Waals surface area contributed by atoms with Crippen LogP contribution in [0.15, 0.2) is 18.2 Å². The summed E-state index contributed by atoms with van der Waals surface area (Å²) in [7, 11) is 0. The molecule has 1 unspecified atom stereocenters. The zero-order valence-corrected chi connectivity index (χ0v) is 11.6. The third-order valence-electron chi connectivity index (χ3n) is 3.32. The lowest BCUT2D eigenvalue weighted by molar-refractivity contribution is 0.0473. The van der Waals surface area contributed by atoms with Crippen molar-refractivity contribution in [2.75, 3.05) is 19.7 Å². The minimum Gasteiger partial charge on any atom is -0.391 e. The van der Waals surface area contributed by atoms with Crippen LogP contribution >= 0.6 is 0 Å². The molecule has 1 aliphatic heterocycles. The second kappa shape index (κ2) is 6.56. The van der Waals surface area contributed by atoms with Gasteiger partial charge in [-0.3, -0.25) is 4.79 Å². The molecule has 0 spiro atoms. The lowest BCUT2D eigenvalue weighted by Gasteiger charge is -2.30. The SMILES string of the molecule is Cc1cc(C#CCO)cc(C(=O)N2CCCC(O)C2)c1. The van der Waals surface area contributed by atoms with E-state index in [-0.39, 0.29) is 12.5 Å². The van der Waals surface area contributed by atoms with Gasteiger partial charge in [-0.2, -0.15) is 0 Å². The number of amides is 1. The van der Waals surface area contributed by atoms with Crippen molar-refractivity contribution in [1.82, 2.24) is 4.90 Å². The smallest absolute Gasteiger partial charge is 0.253 e. The zero-order chi connectivity index (χ0) is 14.5. The van der Waals surface area contributed by atoms with Crippen LogP contribution in [0.4, 0.5) is 0 Å². The molecule has 1 aromatic rings. The number of aryl methyl sites for hydroxylation is 1. The fraction of sp³-hybridized carbons (Fsp3) is 0.438. The van der Waals surface area contributed by atoms with E-state index in [1.807, 2.05) is 19.1 Å². The van der Waals surface area contributed by atoms with Crippen molar-refractivity contribution in [1.29, 1.82) is 0 Å². The van der Waals surface area contributed by atoms with Gasteiger partial charge in [0.2, 0.25) is 0 Å². The number of carbonyl (C=O) groups excluding carboxylic acids is 1. The number of piperidine rings is 1. The monoisotopic (exact) mass is 273 g/mol. The van der Waals surface area contributed by atoms with E-state index in [0.29, 0.717) is 18.7 Å². The number of hydrogen-bond donors (Lipinski definition) is 2. The van der Waals surface area contributed by atoms with Crippen LogP contribution in [0.3, 0.4) is 0 Å². The molecule has 1 fully saturated rings. The van der Waals surface area contributed by atoms with Gasteiger partial charge in [-0.1, -0.05) is 11.8 Å². The number of carbonyl (C=O) groups is 1. The van der Waals surface area contributed by atoms with E-state index >= 15 is 0 Å². The first-order valence-corrected chi connectivity index (χ1v) is 6.79. The summed E-state index contributed by atoms with van der Waals surface area (Å²) in [6, 6.07) is 5.44. The van der Waals surface area contributed by atoms with Crippen LogP contribution in [0.5, 0.6) is 0 Å². The van der Waals surface area contributed by atoms with Crippen LogP contribution in [0.1, 0.15) is 34.3 Å². The highest BCUT2D eigenvalue weighted by Crippen LogP contribution is 2.16. The summed E-state index contributed by atoms with van der Waals surface area (Å²) in [5, 5.41) is 18.4. The number of nitrogens with zero attached hydrogens (tertiary/aromatic N) is 1. The standard InChI is InChI=1S/C16H19NO3/c1-12-8-13(4-3-7-18)10-14(9-12)16(20)17-6-2-5-15(19)11-17/h8-10,15,18-19H,2,5-7,11H2,1H3. The van der Waals surface area contributed by atoms with Gasteiger partial charge in [0.1, 0.15) is 6.61 Å². The molecule has 1 aromatic carbocycles. The van der Waals surface area contributed by atoms with Gasteiger partial charge in [0.05, 0.1) is 6.10 Å². The number of likely N-dealkylation sites (tertiary alicyclic amines) is 1. The maximum Gasteiger partial charge on any atom is 0.253 e. The maximum atomic E-state index is 12.4. The zero-order valence-electron chi connectivity index (χ0n) is 11.6. The molecule has 1 heterocycles. The van der Waals surface area contributed by atoms with Crippen molar-refractivity contribution in [2.45, 2.75) is 25.9 Å². The van der Waals surface area contributed by atoms with Gasteiger partial charge in [0.15, 0.2) is 0 Å².